The van der Waals surface area contributed by atoms with E-state index in [1.807, 2.05) is 30.3 Å². The lowest BCUT2D eigenvalue weighted by Gasteiger charge is -2.40. The molecule has 4 rings (SSSR count). The molecule has 27 heavy (non-hydrogen) atoms. The Morgan fingerprint density at radius 2 is 1.63 bits per heavy atom. The second-order valence-electron chi connectivity index (χ2n) is 8.90. The lowest BCUT2D eigenvalue weighted by Crippen LogP contribution is -2.46. The third-order valence-electron chi connectivity index (χ3n) is 6.92. The molecule has 2 saturated heterocycles. The summed E-state index contributed by atoms with van der Waals surface area (Å²) in [6.45, 7) is 11.8. The molecule has 0 radical (unpaired) electrons. The second-order valence-corrected chi connectivity index (χ2v) is 13.6. The van der Waals surface area contributed by atoms with Crippen molar-refractivity contribution in [2.75, 3.05) is 11.5 Å². The van der Waals surface area contributed by atoms with E-state index >= 15 is 0 Å². The van der Waals surface area contributed by atoms with Crippen LogP contribution in [0.1, 0.15) is 41.0 Å². The van der Waals surface area contributed by atoms with Gasteiger partial charge in [0.25, 0.3) is 0 Å². The molecule has 4 nitrogen and oxygen atoms in total. The molecule has 0 saturated carbocycles. The quantitative estimate of drug-likeness (QED) is 0.572. The van der Waals surface area contributed by atoms with Crippen LogP contribution in [-0.2, 0) is 14.0 Å². The molecule has 144 valence electrons. The van der Waals surface area contributed by atoms with E-state index in [4.69, 9.17) is 4.43 Å². The summed E-state index contributed by atoms with van der Waals surface area (Å²) < 4.78 is 6.61. The van der Waals surface area contributed by atoms with Crippen molar-refractivity contribution in [1.82, 2.24) is 0 Å². The van der Waals surface area contributed by atoms with Crippen LogP contribution in [0.4, 0.5) is 5.69 Å². The highest BCUT2D eigenvalue weighted by atomic mass is 28.4. The predicted octanol–water partition coefficient (Wildman–Crippen LogP) is 4.46. The van der Waals surface area contributed by atoms with Gasteiger partial charge in [-0.15, -0.1) is 0 Å². The SMILES string of the molecule is CC1=C2[C@H](CO[Si]2(C(C)C)C(C)C)[C@@H]2C(=O)N(c3ccccc3)C(=O)[C@@H]2C1. The average Bonchev–Trinajstić information content (AvgIpc) is 3.14. The van der Waals surface area contributed by atoms with E-state index in [0.29, 0.717) is 29.8 Å². The van der Waals surface area contributed by atoms with Crippen LogP contribution in [0.15, 0.2) is 41.1 Å². The fourth-order valence-electron chi connectivity index (χ4n) is 5.92. The van der Waals surface area contributed by atoms with Gasteiger partial charge in [-0.3, -0.25) is 14.5 Å². The smallest absolute Gasteiger partial charge is 0.238 e. The highest BCUT2D eigenvalue weighted by Gasteiger charge is 2.62. The molecule has 3 atom stereocenters. The molecule has 2 fully saturated rings. The number of benzene rings is 1. The summed E-state index contributed by atoms with van der Waals surface area (Å²) >= 11 is 0. The summed E-state index contributed by atoms with van der Waals surface area (Å²) in [5.41, 5.74) is 2.92. The number of allylic oxidation sites excluding steroid dienone is 1. The second kappa shape index (κ2) is 6.42. The van der Waals surface area contributed by atoms with Crippen molar-refractivity contribution in [3.8, 4) is 0 Å². The topological polar surface area (TPSA) is 46.6 Å². The highest BCUT2D eigenvalue weighted by Crippen LogP contribution is 2.56. The molecule has 0 aromatic heterocycles. The minimum Gasteiger partial charge on any atom is -0.412 e. The Kier molecular flexibility index (Phi) is 4.43. The van der Waals surface area contributed by atoms with Gasteiger partial charge in [-0.05, 0) is 41.8 Å². The molecule has 2 aliphatic heterocycles. The monoisotopic (exact) mass is 383 g/mol. The van der Waals surface area contributed by atoms with Gasteiger partial charge < -0.3 is 4.43 Å². The molecule has 1 aromatic carbocycles. The standard InChI is InChI=1S/C22H29NO3Si/c1-13(2)27(14(3)4)20-15(5)11-17-19(18(20)12-26-27)22(25)23(21(17)24)16-9-7-6-8-10-16/h6-10,13-14,17-19H,11-12H2,1-5H3/t17-,18-,19-/m1/s1. The van der Waals surface area contributed by atoms with Gasteiger partial charge in [0.2, 0.25) is 20.1 Å². The minimum atomic E-state index is -2.13. The van der Waals surface area contributed by atoms with Gasteiger partial charge in [0, 0.05) is 12.5 Å². The van der Waals surface area contributed by atoms with Crippen LogP contribution in [0.5, 0.6) is 0 Å². The van der Waals surface area contributed by atoms with Crippen molar-refractivity contribution in [2.24, 2.45) is 17.8 Å². The maximum Gasteiger partial charge on any atom is 0.238 e. The van der Waals surface area contributed by atoms with Crippen molar-refractivity contribution in [3.05, 3.63) is 41.1 Å². The van der Waals surface area contributed by atoms with Crippen molar-refractivity contribution in [1.29, 1.82) is 0 Å². The lowest BCUT2D eigenvalue weighted by molar-refractivity contribution is -0.122. The molecule has 2 heterocycles. The summed E-state index contributed by atoms with van der Waals surface area (Å²) in [5, 5.41) is 1.44. The Balaban J connectivity index is 1.78. The third-order valence-corrected chi connectivity index (χ3v) is 12.6. The minimum absolute atomic E-state index is 0.0351. The van der Waals surface area contributed by atoms with E-state index in [1.54, 1.807) is 0 Å². The third kappa shape index (κ3) is 2.44. The van der Waals surface area contributed by atoms with Gasteiger partial charge in [0.05, 0.1) is 17.5 Å². The average molecular weight is 384 g/mol. The first-order valence-electron chi connectivity index (χ1n) is 10.1. The van der Waals surface area contributed by atoms with Crippen molar-refractivity contribution >= 4 is 25.8 Å². The fraction of sp³-hybridized carbons (Fsp3) is 0.545. The van der Waals surface area contributed by atoms with E-state index < -0.39 is 8.32 Å². The number of hydrogen-bond acceptors (Lipinski definition) is 3. The summed E-state index contributed by atoms with van der Waals surface area (Å²) in [6, 6.07) is 9.35. The normalized spacial score (nSPS) is 29.7. The first-order valence-corrected chi connectivity index (χ1v) is 12.1. The summed E-state index contributed by atoms with van der Waals surface area (Å²) in [5.74, 6) is -0.497. The Morgan fingerprint density at radius 1 is 1.00 bits per heavy atom. The highest BCUT2D eigenvalue weighted by molar-refractivity contribution is 6.84. The maximum absolute atomic E-state index is 13.4. The van der Waals surface area contributed by atoms with Crippen molar-refractivity contribution in [2.45, 2.75) is 52.1 Å². The molecule has 0 N–H and O–H groups in total. The van der Waals surface area contributed by atoms with Crippen LogP contribution < -0.4 is 4.90 Å². The number of carbonyl (C=O) groups excluding carboxylic acids is 2. The van der Waals surface area contributed by atoms with E-state index in [-0.39, 0.29) is 29.6 Å². The van der Waals surface area contributed by atoms with Crippen LogP contribution in [0, 0.1) is 17.8 Å². The van der Waals surface area contributed by atoms with Crippen LogP contribution in [-0.4, -0.2) is 26.7 Å². The molecule has 0 spiro atoms. The van der Waals surface area contributed by atoms with E-state index in [1.165, 1.54) is 15.7 Å². The van der Waals surface area contributed by atoms with Gasteiger partial charge in [0.1, 0.15) is 0 Å². The van der Waals surface area contributed by atoms with Gasteiger partial charge in [-0.1, -0.05) is 51.5 Å². The van der Waals surface area contributed by atoms with Crippen LogP contribution in [0.3, 0.4) is 0 Å². The number of carbonyl (C=O) groups is 2. The number of nitrogens with zero attached hydrogens (tertiary/aromatic N) is 1. The zero-order valence-corrected chi connectivity index (χ0v) is 17.9. The number of amides is 2. The fourth-order valence-corrected chi connectivity index (χ4v) is 11.4. The number of anilines is 1. The van der Waals surface area contributed by atoms with Crippen molar-refractivity contribution in [3.63, 3.8) is 0 Å². The van der Waals surface area contributed by atoms with E-state index in [2.05, 4.69) is 34.6 Å². The largest absolute Gasteiger partial charge is 0.412 e. The zero-order chi connectivity index (χ0) is 19.5. The molecule has 0 bridgehead atoms. The van der Waals surface area contributed by atoms with E-state index in [0.717, 1.165) is 0 Å². The van der Waals surface area contributed by atoms with Gasteiger partial charge in [-0.25, -0.2) is 0 Å². The Morgan fingerprint density at radius 3 is 2.22 bits per heavy atom. The van der Waals surface area contributed by atoms with Gasteiger partial charge >= 0.3 is 0 Å². The van der Waals surface area contributed by atoms with Crippen LogP contribution in [0.25, 0.3) is 0 Å². The number of hydrogen-bond donors (Lipinski definition) is 0. The van der Waals surface area contributed by atoms with E-state index in [9.17, 15) is 9.59 Å². The Labute approximate surface area is 162 Å². The number of imide groups is 1. The predicted molar refractivity (Wildman–Crippen MR) is 109 cm³/mol. The van der Waals surface area contributed by atoms with Gasteiger partial charge in [0.15, 0.2) is 0 Å². The number of rotatable bonds is 3. The molecule has 0 unspecified atom stereocenters. The summed E-state index contributed by atoms with van der Waals surface area (Å²) in [4.78, 5) is 28.0. The summed E-state index contributed by atoms with van der Waals surface area (Å²) in [7, 11) is -2.13. The molecule has 1 aromatic rings. The Bertz CT molecular complexity index is 806. The van der Waals surface area contributed by atoms with Crippen LogP contribution >= 0.6 is 0 Å². The van der Waals surface area contributed by atoms with Crippen molar-refractivity contribution < 1.29 is 14.0 Å². The molecular weight excluding hydrogens is 354 g/mol. The zero-order valence-electron chi connectivity index (χ0n) is 16.9. The first-order chi connectivity index (χ1) is 12.8. The lowest BCUT2D eigenvalue weighted by atomic mass is 9.75. The van der Waals surface area contributed by atoms with Crippen LogP contribution in [0.2, 0.25) is 11.1 Å². The molecule has 1 aliphatic carbocycles. The molecular formula is C22H29NO3Si. The Hall–Kier alpha value is -1.72. The number of para-hydroxylation sites is 1. The molecule has 3 aliphatic rings. The number of fused-ring (bicyclic) bond motifs is 3. The molecule has 2 amide bonds. The molecule has 5 heteroatoms. The first kappa shape index (κ1) is 18.6. The maximum atomic E-state index is 13.4. The summed E-state index contributed by atoms with van der Waals surface area (Å²) in [6.07, 6.45) is 0.696. The van der Waals surface area contributed by atoms with Gasteiger partial charge in [-0.2, -0.15) is 0 Å².